The molecule has 0 aromatic heterocycles. The minimum atomic E-state index is -0.452. The highest BCUT2D eigenvalue weighted by molar-refractivity contribution is 5.76. The summed E-state index contributed by atoms with van der Waals surface area (Å²) >= 11 is 0. The van der Waals surface area contributed by atoms with Gasteiger partial charge in [0.05, 0.1) is 6.10 Å². The van der Waals surface area contributed by atoms with Crippen molar-refractivity contribution < 1.29 is 14.6 Å². The first kappa shape index (κ1) is 10.5. The highest BCUT2D eigenvalue weighted by atomic mass is 16.6. The van der Waals surface area contributed by atoms with Gasteiger partial charge in [-0.3, -0.25) is 4.79 Å². The van der Waals surface area contributed by atoms with Gasteiger partial charge in [0, 0.05) is 13.0 Å². The summed E-state index contributed by atoms with van der Waals surface area (Å²) in [7, 11) is 0. The SMILES string of the molecule is CC(C)(C)OC(=O)[C@@H]1C[C@@H](O)CN1. The Bertz CT molecular complexity index is 198. The highest BCUT2D eigenvalue weighted by Gasteiger charge is 2.31. The number of nitrogens with one attached hydrogen (secondary N) is 1. The lowest BCUT2D eigenvalue weighted by atomic mass is 10.1. The van der Waals surface area contributed by atoms with Crippen LogP contribution in [-0.4, -0.2) is 35.4 Å². The predicted molar refractivity (Wildman–Crippen MR) is 48.3 cm³/mol. The summed E-state index contributed by atoms with van der Waals surface area (Å²) in [6, 6.07) is -0.339. The molecule has 0 unspecified atom stereocenters. The van der Waals surface area contributed by atoms with Crippen molar-refractivity contribution in [3.63, 3.8) is 0 Å². The van der Waals surface area contributed by atoms with Gasteiger partial charge in [0.2, 0.25) is 0 Å². The second kappa shape index (κ2) is 3.64. The van der Waals surface area contributed by atoms with Crippen LogP contribution in [0.15, 0.2) is 0 Å². The maximum absolute atomic E-state index is 11.4. The lowest BCUT2D eigenvalue weighted by Crippen LogP contribution is -2.37. The van der Waals surface area contributed by atoms with E-state index in [2.05, 4.69) is 5.32 Å². The monoisotopic (exact) mass is 187 g/mol. The van der Waals surface area contributed by atoms with Crippen LogP contribution >= 0.6 is 0 Å². The first-order chi connectivity index (χ1) is 5.88. The summed E-state index contributed by atoms with van der Waals surface area (Å²) in [5, 5.41) is 12.1. The number of aliphatic hydroxyl groups is 1. The van der Waals surface area contributed by atoms with E-state index in [-0.39, 0.29) is 12.0 Å². The molecule has 0 aromatic carbocycles. The number of ether oxygens (including phenoxy) is 1. The van der Waals surface area contributed by atoms with Crippen LogP contribution in [0.1, 0.15) is 27.2 Å². The van der Waals surface area contributed by atoms with Crippen molar-refractivity contribution in [2.75, 3.05) is 6.54 Å². The van der Waals surface area contributed by atoms with Gasteiger partial charge in [0.1, 0.15) is 11.6 Å². The number of hydrogen-bond acceptors (Lipinski definition) is 4. The summed E-state index contributed by atoms with van der Waals surface area (Å²) < 4.78 is 5.16. The highest BCUT2D eigenvalue weighted by Crippen LogP contribution is 2.13. The van der Waals surface area contributed by atoms with E-state index in [1.54, 1.807) is 0 Å². The number of rotatable bonds is 1. The summed E-state index contributed by atoms with van der Waals surface area (Å²) in [6.45, 7) is 5.97. The molecule has 4 heteroatoms. The molecular formula is C9H17NO3. The molecule has 1 aliphatic heterocycles. The van der Waals surface area contributed by atoms with Gasteiger partial charge in [-0.1, -0.05) is 0 Å². The molecule has 0 aromatic rings. The van der Waals surface area contributed by atoms with Crippen LogP contribution in [0.5, 0.6) is 0 Å². The van der Waals surface area contributed by atoms with Gasteiger partial charge in [-0.25, -0.2) is 0 Å². The van der Waals surface area contributed by atoms with Crippen molar-refractivity contribution >= 4 is 5.97 Å². The maximum atomic E-state index is 11.4. The largest absolute Gasteiger partial charge is 0.459 e. The van der Waals surface area contributed by atoms with E-state index in [4.69, 9.17) is 4.74 Å². The third-order valence-electron chi connectivity index (χ3n) is 1.80. The standard InChI is InChI=1S/C9H17NO3/c1-9(2,3)13-8(12)7-4-6(11)5-10-7/h6-7,10-11H,4-5H2,1-3H3/t6-,7+/m1/s1. The molecule has 0 bridgehead atoms. The smallest absolute Gasteiger partial charge is 0.323 e. The average molecular weight is 187 g/mol. The normalized spacial score (nSPS) is 28.9. The quantitative estimate of drug-likeness (QED) is 0.569. The molecule has 1 heterocycles. The van der Waals surface area contributed by atoms with Gasteiger partial charge in [-0.15, -0.1) is 0 Å². The third kappa shape index (κ3) is 3.32. The van der Waals surface area contributed by atoms with Crippen molar-refractivity contribution in [1.82, 2.24) is 5.32 Å². The van der Waals surface area contributed by atoms with Crippen molar-refractivity contribution in [3.8, 4) is 0 Å². The van der Waals surface area contributed by atoms with Gasteiger partial charge in [0.15, 0.2) is 0 Å². The zero-order chi connectivity index (χ0) is 10.1. The Hall–Kier alpha value is -0.610. The molecule has 0 saturated carbocycles. The number of esters is 1. The van der Waals surface area contributed by atoms with Crippen LogP contribution in [0, 0.1) is 0 Å². The molecule has 1 fully saturated rings. The number of hydrogen-bond donors (Lipinski definition) is 2. The fourth-order valence-corrected chi connectivity index (χ4v) is 1.27. The van der Waals surface area contributed by atoms with Crippen molar-refractivity contribution in [2.45, 2.75) is 44.9 Å². The summed E-state index contributed by atoms with van der Waals surface area (Å²) in [5.74, 6) is -0.274. The van der Waals surface area contributed by atoms with E-state index in [1.165, 1.54) is 0 Å². The molecule has 13 heavy (non-hydrogen) atoms. The Labute approximate surface area is 78.3 Å². The minimum absolute atomic E-state index is 0.274. The second-order valence-electron chi connectivity index (χ2n) is 4.38. The Morgan fingerprint density at radius 1 is 1.54 bits per heavy atom. The zero-order valence-electron chi connectivity index (χ0n) is 8.33. The second-order valence-corrected chi connectivity index (χ2v) is 4.38. The molecule has 1 aliphatic rings. The van der Waals surface area contributed by atoms with E-state index in [1.807, 2.05) is 20.8 Å². The van der Waals surface area contributed by atoms with Gasteiger partial charge >= 0.3 is 5.97 Å². The molecule has 76 valence electrons. The predicted octanol–water partition coefficient (Wildman–Crippen LogP) is 0.0509. The number of carbonyl (C=O) groups excluding carboxylic acids is 1. The van der Waals surface area contributed by atoms with Gasteiger partial charge < -0.3 is 15.2 Å². The fraction of sp³-hybridized carbons (Fsp3) is 0.889. The van der Waals surface area contributed by atoms with Crippen molar-refractivity contribution in [1.29, 1.82) is 0 Å². The van der Waals surface area contributed by atoms with E-state index in [0.717, 1.165) is 0 Å². The van der Waals surface area contributed by atoms with Gasteiger partial charge in [-0.05, 0) is 20.8 Å². The Morgan fingerprint density at radius 2 is 2.15 bits per heavy atom. The summed E-state index contributed by atoms with van der Waals surface area (Å²) in [6.07, 6.45) is 0.0343. The molecular weight excluding hydrogens is 170 g/mol. The van der Waals surface area contributed by atoms with E-state index >= 15 is 0 Å². The van der Waals surface area contributed by atoms with Crippen molar-refractivity contribution in [2.24, 2.45) is 0 Å². The Balaban J connectivity index is 2.41. The number of carbonyl (C=O) groups is 1. The summed E-state index contributed by atoms with van der Waals surface area (Å²) in [4.78, 5) is 11.4. The Kier molecular flexibility index (Phi) is 2.93. The average Bonchev–Trinajstić information content (AvgIpc) is 2.31. The first-order valence-electron chi connectivity index (χ1n) is 4.53. The van der Waals surface area contributed by atoms with Crippen LogP contribution in [-0.2, 0) is 9.53 Å². The van der Waals surface area contributed by atoms with Crippen LogP contribution in [0.3, 0.4) is 0 Å². The summed E-state index contributed by atoms with van der Waals surface area (Å²) in [5.41, 5.74) is -0.452. The van der Waals surface area contributed by atoms with Crippen LogP contribution in [0.4, 0.5) is 0 Å². The molecule has 0 spiro atoms. The van der Waals surface area contributed by atoms with Crippen LogP contribution in [0.25, 0.3) is 0 Å². The molecule has 1 saturated heterocycles. The first-order valence-corrected chi connectivity index (χ1v) is 4.53. The molecule has 4 nitrogen and oxygen atoms in total. The number of aliphatic hydroxyl groups excluding tert-OH is 1. The lowest BCUT2D eigenvalue weighted by Gasteiger charge is -2.21. The van der Waals surface area contributed by atoms with Crippen LogP contribution < -0.4 is 5.32 Å². The van der Waals surface area contributed by atoms with Gasteiger partial charge in [0.25, 0.3) is 0 Å². The molecule has 0 aliphatic carbocycles. The molecule has 2 atom stereocenters. The van der Waals surface area contributed by atoms with E-state index < -0.39 is 11.7 Å². The third-order valence-corrected chi connectivity index (χ3v) is 1.80. The van der Waals surface area contributed by atoms with Crippen molar-refractivity contribution in [3.05, 3.63) is 0 Å². The topological polar surface area (TPSA) is 58.6 Å². The van der Waals surface area contributed by atoms with E-state index in [0.29, 0.717) is 13.0 Å². The zero-order valence-corrected chi connectivity index (χ0v) is 8.33. The van der Waals surface area contributed by atoms with E-state index in [9.17, 15) is 9.90 Å². The minimum Gasteiger partial charge on any atom is -0.459 e. The van der Waals surface area contributed by atoms with Crippen LogP contribution in [0.2, 0.25) is 0 Å². The Morgan fingerprint density at radius 3 is 2.54 bits per heavy atom. The molecule has 1 rings (SSSR count). The fourth-order valence-electron chi connectivity index (χ4n) is 1.27. The van der Waals surface area contributed by atoms with Gasteiger partial charge in [-0.2, -0.15) is 0 Å². The molecule has 0 amide bonds. The molecule has 2 N–H and O–H groups in total. The maximum Gasteiger partial charge on any atom is 0.323 e. The molecule has 0 radical (unpaired) electrons. The lowest BCUT2D eigenvalue weighted by molar-refractivity contribution is -0.157. The number of β-amino-alcohol motifs (C(OH)–C–C–N with tert-alkyl or cyclic N) is 1.